The second kappa shape index (κ2) is 9.02. The fourth-order valence-corrected chi connectivity index (χ4v) is 5.40. The number of carbonyl (C=O) groups is 2. The molecule has 1 N–H and O–H groups in total. The predicted molar refractivity (Wildman–Crippen MR) is 122 cm³/mol. The molecule has 4 rings (SSSR count). The molecule has 2 fully saturated rings. The van der Waals surface area contributed by atoms with Crippen LogP contribution in [-0.2, 0) is 9.59 Å². The normalized spacial score (nSPS) is 22.3. The summed E-state index contributed by atoms with van der Waals surface area (Å²) >= 11 is 1.47. The first-order valence-corrected chi connectivity index (χ1v) is 12.0. The topological polar surface area (TPSA) is 80.1 Å². The number of nitrogens with zero attached hydrogens (tertiary/aromatic N) is 4. The van der Waals surface area contributed by atoms with Crippen molar-refractivity contribution in [3.8, 4) is 5.69 Å². The summed E-state index contributed by atoms with van der Waals surface area (Å²) in [6.07, 6.45) is 3.38. The van der Waals surface area contributed by atoms with E-state index in [1.54, 1.807) is 0 Å². The lowest BCUT2D eigenvalue weighted by Crippen LogP contribution is -2.45. The number of carbonyl (C=O) groups excluding carboxylic acids is 2. The van der Waals surface area contributed by atoms with Crippen LogP contribution < -0.4 is 5.32 Å². The molecule has 1 aliphatic carbocycles. The van der Waals surface area contributed by atoms with Crippen molar-refractivity contribution >= 4 is 29.3 Å². The Morgan fingerprint density at radius 2 is 1.87 bits per heavy atom. The Kier molecular flexibility index (Phi) is 6.36. The molecular formula is C23H31N5O2S. The smallest absolute Gasteiger partial charge is 0.235 e. The van der Waals surface area contributed by atoms with Crippen LogP contribution in [0.4, 0.5) is 5.69 Å². The molecule has 2 aromatic rings. The third-order valence-corrected chi connectivity index (χ3v) is 6.87. The van der Waals surface area contributed by atoms with E-state index in [0.29, 0.717) is 17.8 Å². The van der Waals surface area contributed by atoms with Gasteiger partial charge in [0.1, 0.15) is 5.82 Å². The Balaban J connectivity index is 1.58. The number of thioether (sulfide) groups is 1. The number of benzene rings is 1. The van der Waals surface area contributed by atoms with Gasteiger partial charge in [0.05, 0.1) is 10.9 Å². The second-order valence-corrected chi connectivity index (χ2v) is 10.4. The van der Waals surface area contributed by atoms with E-state index in [1.807, 2.05) is 36.1 Å². The van der Waals surface area contributed by atoms with Crippen LogP contribution in [0.15, 0.2) is 29.4 Å². The Labute approximate surface area is 188 Å². The number of anilines is 1. The molecule has 1 saturated heterocycles. The van der Waals surface area contributed by atoms with Crippen molar-refractivity contribution in [2.75, 3.05) is 18.4 Å². The number of rotatable bonds is 6. The molecule has 7 nitrogen and oxygen atoms in total. The quantitative estimate of drug-likeness (QED) is 0.683. The molecule has 3 atom stereocenters. The van der Waals surface area contributed by atoms with Crippen LogP contribution in [0.1, 0.15) is 58.7 Å². The van der Waals surface area contributed by atoms with Crippen LogP contribution in [0.3, 0.4) is 0 Å². The molecule has 166 valence electrons. The Morgan fingerprint density at radius 3 is 2.52 bits per heavy atom. The first kappa shape index (κ1) is 21.9. The summed E-state index contributed by atoms with van der Waals surface area (Å²) in [5.41, 5.74) is 1.64. The van der Waals surface area contributed by atoms with Gasteiger partial charge in [-0.25, -0.2) is 0 Å². The van der Waals surface area contributed by atoms with Crippen LogP contribution in [0.2, 0.25) is 0 Å². The summed E-state index contributed by atoms with van der Waals surface area (Å²) in [4.78, 5) is 26.7. The molecule has 1 aromatic carbocycles. The van der Waals surface area contributed by atoms with E-state index in [0.717, 1.165) is 48.3 Å². The van der Waals surface area contributed by atoms with Crippen molar-refractivity contribution in [1.29, 1.82) is 0 Å². The summed E-state index contributed by atoms with van der Waals surface area (Å²) in [5, 5.41) is 12.3. The number of hydrogen-bond acceptors (Lipinski definition) is 5. The number of amides is 2. The van der Waals surface area contributed by atoms with Gasteiger partial charge in [0.15, 0.2) is 5.16 Å². The maximum absolute atomic E-state index is 13.2. The molecule has 8 heteroatoms. The van der Waals surface area contributed by atoms with E-state index >= 15 is 0 Å². The van der Waals surface area contributed by atoms with Gasteiger partial charge in [-0.3, -0.25) is 14.2 Å². The number of piperidine rings is 1. The lowest BCUT2D eigenvalue weighted by molar-refractivity contribution is -0.133. The minimum absolute atomic E-state index is 0.109. The highest BCUT2D eigenvalue weighted by atomic mass is 32.2. The largest absolute Gasteiger partial charge is 0.341 e. The first-order valence-electron chi connectivity index (χ1n) is 11.1. The van der Waals surface area contributed by atoms with Crippen molar-refractivity contribution in [3.05, 3.63) is 30.1 Å². The van der Waals surface area contributed by atoms with E-state index in [2.05, 4.69) is 33.9 Å². The Morgan fingerprint density at radius 1 is 1.16 bits per heavy atom. The summed E-state index contributed by atoms with van der Waals surface area (Å²) in [5.74, 6) is 2.46. The average Bonchev–Trinajstić information content (AvgIpc) is 3.46. The van der Waals surface area contributed by atoms with Crippen LogP contribution in [0, 0.1) is 11.8 Å². The molecule has 0 radical (unpaired) electrons. The van der Waals surface area contributed by atoms with Gasteiger partial charge in [0.25, 0.3) is 0 Å². The molecule has 1 saturated carbocycles. The van der Waals surface area contributed by atoms with Crippen molar-refractivity contribution < 1.29 is 9.59 Å². The molecule has 2 aliphatic rings. The van der Waals surface area contributed by atoms with Gasteiger partial charge in [-0.15, -0.1) is 10.2 Å². The zero-order chi connectivity index (χ0) is 22.1. The molecule has 2 heterocycles. The summed E-state index contributed by atoms with van der Waals surface area (Å²) in [6.45, 7) is 9.54. The van der Waals surface area contributed by atoms with Crippen LogP contribution >= 0.6 is 11.8 Å². The molecule has 0 bridgehead atoms. The average molecular weight is 442 g/mol. The molecule has 1 aromatic heterocycles. The highest BCUT2D eigenvalue weighted by Gasteiger charge is 2.33. The van der Waals surface area contributed by atoms with Gasteiger partial charge < -0.3 is 10.2 Å². The van der Waals surface area contributed by atoms with E-state index < -0.39 is 0 Å². The van der Waals surface area contributed by atoms with Gasteiger partial charge in [0.2, 0.25) is 11.8 Å². The molecule has 2 amide bonds. The van der Waals surface area contributed by atoms with Gasteiger partial charge in [-0.2, -0.15) is 0 Å². The van der Waals surface area contributed by atoms with Crippen molar-refractivity contribution in [1.82, 2.24) is 19.7 Å². The fraction of sp³-hybridized carbons (Fsp3) is 0.565. The van der Waals surface area contributed by atoms with Crippen LogP contribution in [0.25, 0.3) is 5.69 Å². The minimum Gasteiger partial charge on any atom is -0.341 e. The van der Waals surface area contributed by atoms with Gasteiger partial charge in [0, 0.05) is 31.6 Å². The Hall–Kier alpha value is -2.35. The van der Waals surface area contributed by atoms with Crippen molar-refractivity contribution in [3.63, 3.8) is 0 Å². The summed E-state index contributed by atoms with van der Waals surface area (Å²) < 4.78 is 2.05. The maximum Gasteiger partial charge on any atom is 0.235 e. The number of aromatic nitrogens is 3. The van der Waals surface area contributed by atoms with Gasteiger partial charge in [-0.1, -0.05) is 31.7 Å². The molecule has 0 unspecified atom stereocenters. The van der Waals surface area contributed by atoms with Gasteiger partial charge in [-0.05, 0) is 56.2 Å². The van der Waals surface area contributed by atoms with E-state index in [1.165, 1.54) is 25.1 Å². The third kappa shape index (κ3) is 5.11. The van der Waals surface area contributed by atoms with E-state index in [4.69, 9.17) is 0 Å². The molecular weight excluding hydrogens is 410 g/mol. The zero-order valence-electron chi connectivity index (χ0n) is 18.7. The highest BCUT2D eigenvalue weighted by Crippen LogP contribution is 2.42. The Bertz CT molecular complexity index is 961. The predicted octanol–water partition coefficient (Wildman–Crippen LogP) is 4.09. The lowest BCUT2D eigenvalue weighted by Gasteiger charge is -2.36. The minimum atomic E-state index is -0.244. The van der Waals surface area contributed by atoms with Crippen molar-refractivity contribution in [2.45, 2.75) is 63.3 Å². The first-order chi connectivity index (χ1) is 14.8. The SMILES string of the molecule is CC(=O)Nc1cccc(-n2c(S[C@H](C)C(=O)N3C[C@@H](C)C[C@H](C)C3)nnc2C2CC2)c1. The third-order valence-electron chi connectivity index (χ3n) is 5.84. The van der Waals surface area contributed by atoms with E-state index in [-0.39, 0.29) is 17.1 Å². The number of hydrogen-bond donors (Lipinski definition) is 1. The van der Waals surface area contributed by atoms with Crippen LogP contribution in [0.5, 0.6) is 0 Å². The van der Waals surface area contributed by atoms with Crippen LogP contribution in [-0.4, -0.2) is 49.8 Å². The fourth-order valence-electron chi connectivity index (χ4n) is 4.44. The standard InChI is InChI=1S/C23H31N5O2S/c1-14-10-15(2)13-27(12-14)22(30)16(3)31-23-26-25-21(18-8-9-18)28(23)20-7-5-6-19(11-20)24-17(4)29/h5-7,11,14-16,18H,8-10,12-13H2,1-4H3,(H,24,29)/t14-,15-,16+/m0/s1. The number of nitrogens with one attached hydrogen (secondary N) is 1. The zero-order valence-corrected chi connectivity index (χ0v) is 19.5. The van der Waals surface area contributed by atoms with Crippen molar-refractivity contribution in [2.24, 2.45) is 11.8 Å². The maximum atomic E-state index is 13.2. The van der Waals surface area contributed by atoms with Gasteiger partial charge >= 0.3 is 0 Å². The monoisotopic (exact) mass is 441 g/mol. The second-order valence-electron chi connectivity index (χ2n) is 9.13. The summed E-state index contributed by atoms with van der Waals surface area (Å²) in [7, 11) is 0. The molecule has 0 spiro atoms. The summed E-state index contributed by atoms with van der Waals surface area (Å²) in [6, 6.07) is 7.70. The highest BCUT2D eigenvalue weighted by molar-refractivity contribution is 8.00. The number of likely N-dealkylation sites (tertiary alicyclic amines) is 1. The lowest BCUT2D eigenvalue weighted by atomic mass is 9.92. The molecule has 31 heavy (non-hydrogen) atoms. The van der Waals surface area contributed by atoms with E-state index in [9.17, 15) is 9.59 Å². The molecule has 1 aliphatic heterocycles.